The van der Waals surface area contributed by atoms with Crippen molar-refractivity contribution in [3.63, 3.8) is 0 Å². The molecule has 1 nitrogen and oxygen atoms in total. The minimum atomic E-state index is 0.497. The number of hydrogen-bond donors (Lipinski definition) is 1. The summed E-state index contributed by atoms with van der Waals surface area (Å²) in [5.74, 6) is 0.886. The molecule has 1 heteroatoms. The van der Waals surface area contributed by atoms with Gasteiger partial charge in [0.05, 0.1) is 0 Å². The molecule has 0 radical (unpaired) electrons. The number of nitrogens with one attached hydrogen (secondary N) is 1. The van der Waals surface area contributed by atoms with Crippen molar-refractivity contribution in [3.05, 3.63) is 70.8 Å². The van der Waals surface area contributed by atoms with Crippen LogP contribution in [0.2, 0.25) is 0 Å². The summed E-state index contributed by atoms with van der Waals surface area (Å²) in [6.07, 6.45) is 12.0. The van der Waals surface area contributed by atoms with Gasteiger partial charge in [0.1, 0.15) is 0 Å². The summed E-state index contributed by atoms with van der Waals surface area (Å²) < 4.78 is 0. The Morgan fingerprint density at radius 3 is 2.77 bits per heavy atom. The van der Waals surface area contributed by atoms with Crippen LogP contribution in [0, 0.1) is 5.92 Å². The van der Waals surface area contributed by atoms with E-state index in [1.165, 1.54) is 69.9 Å². The Bertz CT molecular complexity index is 761. The largest absolute Gasteiger partial charge is 0.313 e. The van der Waals surface area contributed by atoms with Gasteiger partial charge in [-0.15, -0.1) is 0 Å². The highest BCUT2D eigenvalue weighted by molar-refractivity contribution is 5.45. The topological polar surface area (TPSA) is 12.0 Å². The van der Waals surface area contributed by atoms with Crippen molar-refractivity contribution in [2.24, 2.45) is 5.92 Å². The van der Waals surface area contributed by atoms with E-state index in [2.05, 4.69) is 53.8 Å². The first kappa shape index (κ1) is 16.6. The monoisotopic (exact) mass is 345 g/mol. The molecule has 2 fully saturated rings. The SMILES string of the molecule is c1ccc(CCCc2cccc3c2C[C@H]2NCC[C@@]34CCCC[C@@H]24)cc1. The van der Waals surface area contributed by atoms with Gasteiger partial charge in [-0.2, -0.15) is 0 Å². The van der Waals surface area contributed by atoms with Crippen molar-refractivity contribution < 1.29 is 0 Å². The van der Waals surface area contributed by atoms with E-state index in [-0.39, 0.29) is 0 Å². The average Bonchev–Trinajstić information content (AvgIpc) is 2.69. The maximum Gasteiger partial charge on any atom is 0.0144 e. The van der Waals surface area contributed by atoms with Crippen LogP contribution in [0.3, 0.4) is 0 Å². The van der Waals surface area contributed by atoms with Crippen molar-refractivity contribution in [1.29, 1.82) is 0 Å². The van der Waals surface area contributed by atoms with E-state index in [9.17, 15) is 0 Å². The molecule has 0 spiro atoms. The van der Waals surface area contributed by atoms with Gasteiger partial charge in [-0.3, -0.25) is 0 Å². The fourth-order valence-corrected chi connectivity index (χ4v) is 6.39. The molecule has 1 saturated heterocycles. The molecule has 3 atom stereocenters. The second-order valence-electron chi connectivity index (χ2n) is 8.81. The summed E-state index contributed by atoms with van der Waals surface area (Å²) in [4.78, 5) is 0. The van der Waals surface area contributed by atoms with Gasteiger partial charge in [0, 0.05) is 11.5 Å². The Kier molecular flexibility index (Phi) is 4.36. The summed E-state index contributed by atoms with van der Waals surface area (Å²) in [6, 6.07) is 19.0. The predicted molar refractivity (Wildman–Crippen MR) is 109 cm³/mol. The summed E-state index contributed by atoms with van der Waals surface area (Å²) in [5.41, 5.74) is 7.07. The molecule has 5 rings (SSSR count). The van der Waals surface area contributed by atoms with Crippen molar-refractivity contribution in [1.82, 2.24) is 5.32 Å². The second-order valence-corrected chi connectivity index (χ2v) is 8.81. The zero-order valence-electron chi connectivity index (χ0n) is 15.8. The van der Waals surface area contributed by atoms with E-state index in [0.717, 1.165) is 12.0 Å². The highest BCUT2D eigenvalue weighted by atomic mass is 15.0. The van der Waals surface area contributed by atoms with Crippen LogP contribution in [-0.4, -0.2) is 12.6 Å². The molecular weight excluding hydrogens is 314 g/mol. The molecule has 3 aliphatic rings. The van der Waals surface area contributed by atoms with Gasteiger partial charge >= 0.3 is 0 Å². The molecule has 2 aliphatic carbocycles. The van der Waals surface area contributed by atoms with Gasteiger partial charge in [-0.05, 0) is 79.7 Å². The van der Waals surface area contributed by atoms with Crippen molar-refractivity contribution in [2.45, 2.75) is 69.2 Å². The van der Waals surface area contributed by atoms with Gasteiger partial charge in [0.15, 0.2) is 0 Å². The van der Waals surface area contributed by atoms with Crippen LogP contribution >= 0.6 is 0 Å². The van der Waals surface area contributed by atoms with Crippen LogP contribution in [-0.2, 0) is 24.7 Å². The number of rotatable bonds is 4. The normalized spacial score (nSPS) is 29.7. The van der Waals surface area contributed by atoms with Gasteiger partial charge in [0.2, 0.25) is 0 Å². The van der Waals surface area contributed by atoms with Crippen LogP contribution in [0.15, 0.2) is 48.5 Å². The number of hydrogen-bond acceptors (Lipinski definition) is 1. The Morgan fingerprint density at radius 1 is 0.923 bits per heavy atom. The summed E-state index contributed by atoms with van der Waals surface area (Å²) in [6.45, 7) is 1.22. The molecule has 0 aromatic heterocycles. The van der Waals surface area contributed by atoms with Gasteiger partial charge in [0.25, 0.3) is 0 Å². The molecule has 1 N–H and O–H groups in total. The van der Waals surface area contributed by atoms with Crippen LogP contribution in [0.25, 0.3) is 0 Å². The lowest BCUT2D eigenvalue weighted by molar-refractivity contribution is 0.0794. The van der Waals surface area contributed by atoms with Gasteiger partial charge in [-0.25, -0.2) is 0 Å². The third-order valence-electron chi connectivity index (χ3n) is 7.55. The van der Waals surface area contributed by atoms with Crippen LogP contribution in [0.1, 0.15) is 60.8 Å². The third-order valence-corrected chi connectivity index (χ3v) is 7.55. The highest BCUT2D eigenvalue weighted by Gasteiger charge is 2.51. The molecule has 2 aromatic rings. The maximum absolute atomic E-state index is 3.89. The zero-order chi connectivity index (χ0) is 17.4. The quantitative estimate of drug-likeness (QED) is 0.802. The van der Waals surface area contributed by atoms with E-state index in [1.54, 1.807) is 16.7 Å². The van der Waals surface area contributed by atoms with Gasteiger partial charge < -0.3 is 5.32 Å². The molecule has 0 amide bonds. The van der Waals surface area contributed by atoms with E-state index < -0.39 is 0 Å². The molecule has 1 heterocycles. The minimum Gasteiger partial charge on any atom is -0.313 e. The lowest BCUT2D eigenvalue weighted by atomic mass is 9.52. The lowest BCUT2D eigenvalue weighted by Gasteiger charge is -2.56. The van der Waals surface area contributed by atoms with Crippen molar-refractivity contribution >= 4 is 0 Å². The fraction of sp³-hybridized carbons (Fsp3) is 0.520. The fourth-order valence-electron chi connectivity index (χ4n) is 6.39. The molecular formula is C25H31N. The number of fused-ring (bicyclic) bond motifs is 1. The summed E-state index contributed by atoms with van der Waals surface area (Å²) in [7, 11) is 0. The van der Waals surface area contributed by atoms with E-state index >= 15 is 0 Å². The molecule has 136 valence electrons. The first-order valence-corrected chi connectivity index (χ1v) is 10.8. The number of piperidine rings is 1. The summed E-state index contributed by atoms with van der Waals surface area (Å²) in [5, 5.41) is 3.89. The van der Waals surface area contributed by atoms with Crippen LogP contribution in [0.4, 0.5) is 0 Å². The first-order chi connectivity index (χ1) is 12.9. The van der Waals surface area contributed by atoms with E-state index in [0.29, 0.717) is 5.41 Å². The maximum atomic E-state index is 3.89. The Balaban J connectivity index is 1.42. The van der Waals surface area contributed by atoms with Crippen molar-refractivity contribution in [2.75, 3.05) is 6.54 Å². The smallest absolute Gasteiger partial charge is 0.0144 e. The van der Waals surface area contributed by atoms with Crippen molar-refractivity contribution in [3.8, 4) is 0 Å². The molecule has 26 heavy (non-hydrogen) atoms. The zero-order valence-corrected chi connectivity index (χ0v) is 15.8. The first-order valence-electron chi connectivity index (χ1n) is 10.8. The second kappa shape index (κ2) is 6.85. The highest BCUT2D eigenvalue weighted by Crippen LogP contribution is 2.54. The van der Waals surface area contributed by atoms with Crippen LogP contribution in [0.5, 0.6) is 0 Å². The summed E-state index contributed by atoms with van der Waals surface area (Å²) >= 11 is 0. The van der Waals surface area contributed by atoms with E-state index in [4.69, 9.17) is 0 Å². The van der Waals surface area contributed by atoms with Crippen LogP contribution < -0.4 is 5.32 Å². The van der Waals surface area contributed by atoms with E-state index in [1.807, 2.05) is 0 Å². The molecule has 0 unspecified atom stereocenters. The molecule has 1 aliphatic heterocycles. The Morgan fingerprint density at radius 2 is 1.85 bits per heavy atom. The predicted octanol–water partition coefficient (Wildman–Crippen LogP) is 5.21. The standard InChI is InChI=1S/C25H31N/c1-2-8-19(9-3-1)10-6-11-20-12-7-14-22-21(20)18-24-23-13-4-5-15-25(22,23)16-17-26-24/h1-3,7-9,12,14,23-24,26H,4-6,10-11,13,15-18H2/t23-,24+,25-/m0/s1. The number of aryl methyl sites for hydroxylation is 2. The molecule has 2 bridgehead atoms. The Labute approximate surface area is 158 Å². The lowest BCUT2D eigenvalue weighted by Crippen LogP contribution is -2.59. The molecule has 2 aromatic carbocycles. The third kappa shape index (κ3) is 2.72. The minimum absolute atomic E-state index is 0.497. The average molecular weight is 346 g/mol. The molecule has 1 saturated carbocycles. The Hall–Kier alpha value is -1.60. The van der Waals surface area contributed by atoms with Gasteiger partial charge in [-0.1, -0.05) is 61.4 Å². The number of benzene rings is 2.